The first-order valence-corrected chi connectivity index (χ1v) is 8.51. The molecule has 112 valence electrons. The fourth-order valence-electron chi connectivity index (χ4n) is 2.96. The second kappa shape index (κ2) is 6.22. The zero-order valence-corrected chi connectivity index (χ0v) is 12.8. The molecule has 0 radical (unpaired) electrons. The van der Waals surface area contributed by atoms with E-state index in [0.717, 1.165) is 17.2 Å². The number of ketones is 1. The normalized spacial score (nSPS) is 23.2. The number of carboxylic acids is 1. The molecule has 21 heavy (non-hydrogen) atoms. The van der Waals surface area contributed by atoms with Gasteiger partial charge in [-0.2, -0.15) is 0 Å². The number of benzene rings is 1. The zero-order valence-electron chi connectivity index (χ0n) is 12.0. The first kappa shape index (κ1) is 14.6. The van der Waals surface area contributed by atoms with Crippen molar-refractivity contribution in [3.63, 3.8) is 0 Å². The third-order valence-electron chi connectivity index (χ3n) is 4.32. The lowest BCUT2D eigenvalue weighted by Gasteiger charge is -2.17. The molecule has 0 spiro atoms. The fraction of sp³-hybridized carbons (Fsp3) is 0.529. The summed E-state index contributed by atoms with van der Waals surface area (Å²) in [6.45, 7) is 0. The number of thioether (sulfide) groups is 1. The molecule has 2 atom stereocenters. The molecule has 2 aliphatic rings. The number of aliphatic carboxylic acids is 1. The highest BCUT2D eigenvalue weighted by atomic mass is 32.2. The molecule has 1 aromatic carbocycles. The number of hydrogen-bond acceptors (Lipinski definition) is 3. The Balaban J connectivity index is 1.67. The fourth-order valence-corrected chi connectivity index (χ4v) is 4.01. The number of Topliss-reactive ketones (excluding diaryl/α,β-unsaturated/α-hetero) is 1. The number of carbonyl (C=O) groups is 2. The van der Waals surface area contributed by atoms with Crippen molar-refractivity contribution in [2.75, 3.05) is 0 Å². The zero-order chi connectivity index (χ0) is 14.8. The Kier molecular flexibility index (Phi) is 4.34. The summed E-state index contributed by atoms with van der Waals surface area (Å²) in [6.07, 6.45) is 5.18. The van der Waals surface area contributed by atoms with Crippen LogP contribution < -0.4 is 0 Å². The Morgan fingerprint density at radius 3 is 2.48 bits per heavy atom. The Labute approximate surface area is 129 Å². The van der Waals surface area contributed by atoms with Gasteiger partial charge in [-0.3, -0.25) is 9.59 Å². The summed E-state index contributed by atoms with van der Waals surface area (Å²) in [4.78, 5) is 24.1. The maximum atomic E-state index is 11.6. The highest BCUT2D eigenvalue weighted by molar-refractivity contribution is 8.00. The van der Waals surface area contributed by atoms with Crippen LogP contribution in [0.3, 0.4) is 0 Å². The summed E-state index contributed by atoms with van der Waals surface area (Å²) < 4.78 is 0. The lowest BCUT2D eigenvalue weighted by atomic mass is 9.88. The third-order valence-corrected chi connectivity index (χ3v) is 5.67. The monoisotopic (exact) mass is 304 g/mol. The number of rotatable bonds is 6. The summed E-state index contributed by atoms with van der Waals surface area (Å²) in [5.41, 5.74) is 0.863. The van der Waals surface area contributed by atoms with Crippen LogP contribution >= 0.6 is 11.8 Å². The van der Waals surface area contributed by atoms with Crippen molar-refractivity contribution < 1.29 is 14.7 Å². The summed E-state index contributed by atoms with van der Waals surface area (Å²) in [5, 5.41) is 10.2. The van der Waals surface area contributed by atoms with Crippen molar-refractivity contribution in [2.45, 2.75) is 54.6 Å². The van der Waals surface area contributed by atoms with E-state index in [0.29, 0.717) is 19.3 Å². The largest absolute Gasteiger partial charge is 0.481 e. The minimum Gasteiger partial charge on any atom is -0.481 e. The Hall–Kier alpha value is -1.29. The first-order valence-electron chi connectivity index (χ1n) is 7.63. The number of hydrogen-bond donors (Lipinski definition) is 1. The van der Waals surface area contributed by atoms with Crippen molar-refractivity contribution in [2.24, 2.45) is 5.92 Å². The van der Waals surface area contributed by atoms with Crippen molar-refractivity contribution in [3.8, 4) is 0 Å². The molecular formula is C17H20O3S. The van der Waals surface area contributed by atoms with E-state index in [9.17, 15) is 14.7 Å². The molecule has 3 rings (SSSR count). The molecule has 0 heterocycles. The van der Waals surface area contributed by atoms with Gasteiger partial charge in [0, 0.05) is 23.0 Å². The third kappa shape index (κ3) is 3.88. The molecule has 2 fully saturated rings. The van der Waals surface area contributed by atoms with Crippen LogP contribution in [0.2, 0.25) is 0 Å². The minimum atomic E-state index is -0.781. The first-order chi connectivity index (χ1) is 10.1. The number of carbonyl (C=O) groups excluding carboxylic acids is 1. The van der Waals surface area contributed by atoms with Crippen LogP contribution in [0.4, 0.5) is 0 Å². The van der Waals surface area contributed by atoms with Crippen molar-refractivity contribution in [1.29, 1.82) is 0 Å². The molecule has 1 unspecified atom stereocenters. The topological polar surface area (TPSA) is 54.4 Å². The maximum absolute atomic E-state index is 11.6. The van der Waals surface area contributed by atoms with Gasteiger partial charge in [0.1, 0.15) is 5.78 Å². The van der Waals surface area contributed by atoms with Crippen LogP contribution in [-0.2, 0) is 9.59 Å². The predicted octanol–water partition coefficient (Wildman–Crippen LogP) is 3.87. The average Bonchev–Trinajstić information content (AvgIpc) is 3.17. The molecule has 0 saturated heterocycles. The Bertz CT molecular complexity index is 533. The van der Waals surface area contributed by atoms with Gasteiger partial charge in [0.05, 0.1) is 5.92 Å². The van der Waals surface area contributed by atoms with Gasteiger partial charge in [-0.15, -0.1) is 11.8 Å². The molecule has 1 N–H and O–H groups in total. The van der Waals surface area contributed by atoms with E-state index in [1.165, 1.54) is 17.7 Å². The van der Waals surface area contributed by atoms with Crippen LogP contribution in [0.15, 0.2) is 29.2 Å². The van der Waals surface area contributed by atoms with E-state index in [1.54, 1.807) is 0 Å². The summed E-state index contributed by atoms with van der Waals surface area (Å²) in [6, 6.07) is 7.96. The van der Waals surface area contributed by atoms with Gasteiger partial charge in [0.2, 0.25) is 0 Å². The molecule has 1 aromatic rings. The molecule has 2 saturated carbocycles. The molecule has 2 aliphatic carbocycles. The predicted molar refractivity (Wildman–Crippen MR) is 82.7 cm³/mol. The molecule has 0 bridgehead atoms. The summed E-state index contributed by atoms with van der Waals surface area (Å²) in [7, 11) is 0. The van der Waals surface area contributed by atoms with Gasteiger partial charge in [-0.1, -0.05) is 12.1 Å². The van der Waals surface area contributed by atoms with Gasteiger partial charge >= 0.3 is 5.97 Å². The van der Waals surface area contributed by atoms with Crippen molar-refractivity contribution in [3.05, 3.63) is 29.8 Å². The molecular weight excluding hydrogens is 284 g/mol. The lowest BCUT2D eigenvalue weighted by molar-refractivity contribution is -0.139. The van der Waals surface area contributed by atoms with E-state index in [-0.39, 0.29) is 11.7 Å². The van der Waals surface area contributed by atoms with Gasteiger partial charge in [-0.25, -0.2) is 0 Å². The van der Waals surface area contributed by atoms with Gasteiger partial charge in [0.15, 0.2) is 0 Å². The standard InChI is InChI=1S/C17H20O3S/c18-13-4-1-11(9-13)10-16(17(19)20)12-2-5-14(6-3-12)21-15-7-8-15/h2-3,5-6,11,15-16H,1,4,7-10H2,(H,19,20)/t11?,16-/m1/s1. The van der Waals surface area contributed by atoms with E-state index in [2.05, 4.69) is 0 Å². The van der Waals surface area contributed by atoms with Gasteiger partial charge in [-0.05, 0) is 49.3 Å². The lowest BCUT2D eigenvalue weighted by Crippen LogP contribution is -2.15. The average molecular weight is 304 g/mol. The summed E-state index contributed by atoms with van der Waals surface area (Å²) >= 11 is 1.88. The van der Waals surface area contributed by atoms with E-state index in [1.807, 2.05) is 36.0 Å². The van der Waals surface area contributed by atoms with E-state index >= 15 is 0 Å². The smallest absolute Gasteiger partial charge is 0.310 e. The number of carboxylic acid groups (broad SMARTS) is 1. The summed E-state index contributed by atoms with van der Waals surface area (Å²) in [5.74, 6) is -0.753. The second-order valence-electron chi connectivity index (χ2n) is 6.16. The molecule has 0 aromatic heterocycles. The molecule has 3 nitrogen and oxygen atoms in total. The Morgan fingerprint density at radius 2 is 1.95 bits per heavy atom. The molecule has 4 heteroatoms. The molecule has 0 amide bonds. The van der Waals surface area contributed by atoms with Crippen LogP contribution in [0.1, 0.15) is 50.0 Å². The van der Waals surface area contributed by atoms with Crippen LogP contribution in [-0.4, -0.2) is 22.1 Å². The quantitative estimate of drug-likeness (QED) is 0.867. The maximum Gasteiger partial charge on any atom is 0.310 e. The van der Waals surface area contributed by atoms with Crippen molar-refractivity contribution >= 4 is 23.5 Å². The van der Waals surface area contributed by atoms with Gasteiger partial charge in [0.25, 0.3) is 0 Å². The van der Waals surface area contributed by atoms with E-state index in [4.69, 9.17) is 0 Å². The van der Waals surface area contributed by atoms with Crippen LogP contribution in [0.25, 0.3) is 0 Å². The second-order valence-corrected chi connectivity index (χ2v) is 7.53. The minimum absolute atomic E-state index is 0.235. The SMILES string of the molecule is O=C1CCC(C[C@@H](C(=O)O)c2ccc(SC3CC3)cc2)C1. The van der Waals surface area contributed by atoms with Gasteiger partial charge < -0.3 is 5.11 Å². The van der Waals surface area contributed by atoms with Crippen molar-refractivity contribution in [1.82, 2.24) is 0 Å². The highest BCUT2D eigenvalue weighted by Crippen LogP contribution is 2.40. The molecule has 0 aliphatic heterocycles. The highest BCUT2D eigenvalue weighted by Gasteiger charge is 2.29. The van der Waals surface area contributed by atoms with E-state index < -0.39 is 11.9 Å². The van der Waals surface area contributed by atoms with Crippen LogP contribution in [0, 0.1) is 5.92 Å². The van der Waals surface area contributed by atoms with Crippen LogP contribution in [0.5, 0.6) is 0 Å². The Morgan fingerprint density at radius 1 is 1.24 bits per heavy atom.